The van der Waals surface area contributed by atoms with Crippen molar-refractivity contribution in [2.45, 2.75) is 27.4 Å². The number of esters is 4. The van der Waals surface area contributed by atoms with Gasteiger partial charge in [0.15, 0.2) is 0 Å². The Balaban J connectivity index is 1.18. The number of hydrogen-bond donors (Lipinski definition) is 0. The highest BCUT2D eigenvalue weighted by molar-refractivity contribution is 8.34. The Bertz CT molecular complexity index is 1130. The minimum Gasteiger partial charge on any atom is -0.465 e. The van der Waals surface area contributed by atoms with Gasteiger partial charge in [-0.25, -0.2) is 19.2 Å². The lowest BCUT2D eigenvalue weighted by atomic mass is 9.98. The number of carbonyl (C=O) groups excluding carboxylic acids is 4. The predicted octanol–water partition coefficient (Wildman–Crippen LogP) is 5.40. The second-order valence-corrected chi connectivity index (χ2v) is 18.6. The molecule has 0 aromatic heterocycles. The zero-order valence-corrected chi connectivity index (χ0v) is 27.2. The number of thioether (sulfide) groups is 8. The second-order valence-electron chi connectivity index (χ2n) is 8.73. The normalized spacial score (nSPS) is 32.7. The number of hydrogen-bond acceptors (Lipinski definition) is 16. The maximum atomic E-state index is 12.3. The van der Waals surface area contributed by atoms with Crippen molar-refractivity contribution in [2.24, 2.45) is 11.8 Å². The predicted molar refractivity (Wildman–Crippen MR) is 164 cm³/mol. The fourth-order valence-corrected chi connectivity index (χ4v) is 18.8. The van der Waals surface area contributed by atoms with E-state index >= 15 is 0 Å². The number of methoxy groups -OCH3 is 4. The molecule has 4 fully saturated rings. The summed E-state index contributed by atoms with van der Waals surface area (Å²) in [6, 6.07) is 0. The van der Waals surface area contributed by atoms with Crippen molar-refractivity contribution < 1.29 is 38.1 Å². The van der Waals surface area contributed by atoms with Crippen LogP contribution in [-0.2, 0) is 38.1 Å². The Hall–Kier alpha value is -0.360. The highest BCUT2D eigenvalue weighted by atomic mass is 32.2. The Morgan fingerprint density at radius 1 is 0.487 bits per heavy atom. The standard InChI is InChI=1S/C23H20O8S8/c1-28-16(24)12-13(17(25)29-2)37-22(36-12)20-32-8-6-5-7(9(8)33-20)11-10(6)34-21(35-11)23-38-14(18(26)30-3)15(39-23)19(27)31-4/h6-11H,5H2,1-4H3/t6?,7?,8-,9+,10+,11-. The molecule has 16 heteroatoms. The average molecular weight is 681 g/mol. The van der Waals surface area contributed by atoms with Gasteiger partial charge in [-0.1, -0.05) is 47.0 Å². The summed E-state index contributed by atoms with van der Waals surface area (Å²) in [6.07, 6.45) is 1.19. The first-order chi connectivity index (χ1) is 18.8. The first-order valence-corrected chi connectivity index (χ1v) is 18.3. The van der Waals surface area contributed by atoms with E-state index < -0.39 is 23.9 Å². The van der Waals surface area contributed by atoms with E-state index in [4.69, 9.17) is 18.9 Å². The molecule has 0 radical (unpaired) electrons. The van der Waals surface area contributed by atoms with Gasteiger partial charge in [-0.2, -0.15) is 0 Å². The van der Waals surface area contributed by atoms with E-state index in [-0.39, 0.29) is 19.6 Å². The van der Waals surface area contributed by atoms with Crippen LogP contribution >= 0.6 is 94.1 Å². The number of fused-ring (bicyclic) bond motifs is 8. The summed E-state index contributed by atoms with van der Waals surface area (Å²) >= 11 is 12.7. The molecule has 6 aliphatic rings. The van der Waals surface area contributed by atoms with Crippen LogP contribution in [-0.4, -0.2) is 73.3 Å². The van der Waals surface area contributed by atoms with Gasteiger partial charge in [-0.05, 0) is 18.3 Å². The first kappa shape index (κ1) is 28.7. The summed E-state index contributed by atoms with van der Waals surface area (Å²) in [5, 5.41) is 1.85. The molecule has 0 aromatic carbocycles. The second kappa shape index (κ2) is 11.4. The molecule has 6 rings (SSSR count). The van der Waals surface area contributed by atoms with Crippen molar-refractivity contribution in [3.8, 4) is 0 Å². The lowest BCUT2D eigenvalue weighted by Crippen LogP contribution is -2.38. The van der Waals surface area contributed by atoms with Crippen molar-refractivity contribution >= 4 is 118 Å². The monoisotopic (exact) mass is 680 g/mol. The van der Waals surface area contributed by atoms with Gasteiger partial charge in [-0.3, -0.25) is 0 Å². The van der Waals surface area contributed by atoms with Crippen molar-refractivity contribution in [3.63, 3.8) is 0 Å². The molecule has 39 heavy (non-hydrogen) atoms. The van der Waals surface area contributed by atoms with Crippen LogP contribution in [0.4, 0.5) is 0 Å². The lowest BCUT2D eigenvalue weighted by Gasteiger charge is -2.30. The van der Waals surface area contributed by atoms with Gasteiger partial charge in [-0.15, -0.1) is 47.0 Å². The maximum Gasteiger partial charge on any atom is 0.346 e. The molecule has 2 aliphatic carbocycles. The summed E-state index contributed by atoms with van der Waals surface area (Å²) in [5.41, 5.74) is 0. The van der Waals surface area contributed by atoms with Crippen LogP contribution in [0.1, 0.15) is 6.42 Å². The Morgan fingerprint density at radius 2 is 0.744 bits per heavy atom. The molecule has 0 amide bonds. The van der Waals surface area contributed by atoms with Crippen LogP contribution in [0, 0.1) is 11.8 Å². The molecule has 2 bridgehead atoms. The molecule has 0 N–H and O–H groups in total. The van der Waals surface area contributed by atoms with Crippen LogP contribution in [0.3, 0.4) is 0 Å². The Morgan fingerprint density at radius 3 is 0.974 bits per heavy atom. The summed E-state index contributed by atoms with van der Waals surface area (Å²) < 4.78 is 23.8. The molecule has 4 heterocycles. The lowest BCUT2D eigenvalue weighted by molar-refractivity contribution is -0.138. The Labute approximate surface area is 258 Å². The minimum atomic E-state index is -0.525. The highest BCUT2D eigenvalue weighted by Crippen LogP contribution is 2.74. The van der Waals surface area contributed by atoms with E-state index in [0.29, 0.717) is 32.8 Å². The van der Waals surface area contributed by atoms with Crippen LogP contribution < -0.4 is 0 Å². The molecule has 8 nitrogen and oxygen atoms in total. The summed E-state index contributed by atoms with van der Waals surface area (Å²) in [7, 11) is 5.24. The molecule has 0 spiro atoms. The number of ether oxygens (including phenoxy) is 4. The summed E-state index contributed by atoms with van der Waals surface area (Å²) in [4.78, 5) is 50.4. The summed E-state index contributed by atoms with van der Waals surface area (Å²) in [5.74, 6) is -1.04. The highest BCUT2D eigenvalue weighted by Gasteiger charge is 2.64. The third-order valence-electron chi connectivity index (χ3n) is 6.86. The average Bonchev–Trinajstić information content (AvgIpc) is 3.77. The molecule has 2 unspecified atom stereocenters. The van der Waals surface area contributed by atoms with E-state index in [1.807, 2.05) is 47.0 Å². The number of carbonyl (C=O) groups is 4. The quantitative estimate of drug-likeness (QED) is 0.279. The minimum absolute atomic E-state index is 0.287. The van der Waals surface area contributed by atoms with Crippen molar-refractivity contribution in [1.29, 1.82) is 0 Å². The van der Waals surface area contributed by atoms with Gasteiger partial charge in [0.1, 0.15) is 19.6 Å². The topological polar surface area (TPSA) is 105 Å². The van der Waals surface area contributed by atoms with Gasteiger partial charge in [0.25, 0.3) is 0 Å². The SMILES string of the molecule is COC(=O)C1=C(C(=O)OC)SC(=C2S[C@@H]3C4CC([C@H]5SC(=C6SC(C(=O)OC)=C(C(=O)OC)S6)S[C@@H]45)[C@@H]3S2)S1. The molecular formula is C23H20O8S8. The van der Waals surface area contributed by atoms with E-state index in [1.165, 1.54) is 90.4 Å². The van der Waals surface area contributed by atoms with E-state index in [1.54, 1.807) is 0 Å². The van der Waals surface area contributed by atoms with Crippen LogP contribution in [0.5, 0.6) is 0 Å². The van der Waals surface area contributed by atoms with Gasteiger partial charge in [0.05, 0.1) is 45.4 Å². The van der Waals surface area contributed by atoms with Crippen LogP contribution in [0.15, 0.2) is 36.6 Å². The fourth-order valence-electron chi connectivity index (χ4n) is 5.23. The summed E-state index contributed by atoms with van der Waals surface area (Å²) in [6.45, 7) is 0. The zero-order chi connectivity index (χ0) is 27.6. The van der Waals surface area contributed by atoms with Crippen molar-refractivity contribution in [2.75, 3.05) is 28.4 Å². The largest absolute Gasteiger partial charge is 0.465 e. The van der Waals surface area contributed by atoms with Gasteiger partial charge in [0, 0.05) is 21.0 Å². The van der Waals surface area contributed by atoms with Gasteiger partial charge >= 0.3 is 23.9 Å². The molecule has 2 saturated carbocycles. The van der Waals surface area contributed by atoms with Gasteiger partial charge < -0.3 is 18.9 Å². The fraction of sp³-hybridized carbons (Fsp3) is 0.478. The molecule has 2 saturated heterocycles. The van der Waals surface area contributed by atoms with Crippen molar-refractivity contribution in [1.82, 2.24) is 0 Å². The smallest absolute Gasteiger partial charge is 0.346 e. The number of rotatable bonds is 4. The molecule has 6 atom stereocenters. The molecule has 4 aliphatic heterocycles. The maximum absolute atomic E-state index is 12.3. The van der Waals surface area contributed by atoms with Gasteiger partial charge in [0.2, 0.25) is 0 Å². The first-order valence-electron chi connectivity index (χ1n) is 11.5. The molecule has 0 aromatic rings. The third kappa shape index (κ3) is 4.82. The Kier molecular flexibility index (Phi) is 8.39. The van der Waals surface area contributed by atoms with Crippen LogP contribution in [0.25, 0.3) is 0 Å². The van der Waals surface area contributed by atoms with E-state index in [9.17, 15) is 19.2 Å². The molecular weight excluding hydrogens is 661 g/mol. The molecule has 208 valence electrons. The van der Waals surface area contributed by atoms with E-state index in [0.717, 1.165) is 8.47 Å². The third-order valence-corrected chi connectivity index (χ3v) is 19.8. The zero-order valence-electron chi connectivity index (χ0n) is 20.7. The van der Waals surface area contributed by atoms with Crippen LogP contribution in [0.2, 0.25) is 0 Å². The van der Waals surface area contributed by atoms with E-state index in [2.05, 4.69) is 0 Å². The van der Waals surface area contributed by atoms with Crippen molar-refractivity contribution in [3.05, 3.63) is 36.6 Å².